The van der Waals surface area contributed by atoms with Gasteiger partial charge in [0.15, 0.2) is 5.60 Å². The van der Waals surface area contributed by atoms with E-state index in [0.717, 1.165) is 10.6 Å². The quantitative estimate of drug-likeness (QED) is 0.804. The lowest BCUT2D eigenvalue weighted by Crippen LogP contribution is -2.53. The van der Waals surface area contributed by atoms with Gasteiger partial charge in [0, 0.05) is 30.1 Å². The highest BCUT2D eigenvalue weighted by Crippen LogP contribution is 2.43. The number of carbonyl (C=O) groups is 1. The summed E-state index contributed by atoms with van der Waals surface area (Å²) >= 11 is 1.56. The van der Waals surface area contributed by atoms with E-state index >= 15 is 0 Å². The molecule has 2 atom stereocenters. The Morgan fingerprint density at radius 3 is 3.00 bits per heavy atom. The topological polar surface area (TPSA) is 81.1 Å². The fourth-order valence-corrected chi connectivity index (χ4v) is 4.64. The normalized spacial score (nSPS) is 24.4. The van der Waals surface area contributed by atoms with Crippen molar-refractivity contribution in [3.05, 3.63) is 45.9 Å². The van der Waals surface area contributed by atoms with Gasteiger partial charge in [0.2, 0.25) is 0 Å². The average molecular weight is 419 g/mol. The van der Waals surface area contributed by atoms with Gasteiger partial charge in [-0.3, -0.25) is 4.79 Å². The number of hydrogen-bond donors (Lipinski definition) is 1. The van der Waals surface area contributed by atoms with Crippen LogP contribution in [0.25, 0.3) is 0 Å². The van der Waals surface area contributed by atoms with Crippen LogP contribution in [0.15, 0.2) is 29.8 Å². The largest absolute Gasteiger partial charge is 0.490 e. The van der Waals surface area contributed by atoms with Crippen LogP contribution in [0.1, 0.15) is 41.2 Å². The number of aromatic nitrogens is 1. The lowest BCUT2D eigenvalue weighted by atomic mass is 9.88. The van der Waals surface area contributed by atoms with Gasteiger partial charge in [0.05, 0.1) is 12.1 Å². The summed E-state index contributed by atoms with van der Waals surface area (Å²) in [4.78, 5) is 19.3. The van der Waals surface area contributed by atoms with Crippen molar-refractivity contribution in [1.29, 1.82) is 0 Å². The Hall–Kier alpha value is -2.00. The standard InChI is InChI=1S/C21H26N2O5S/c1-14-10-15(4-5-16(14)26-12-20(2,3)25)18(24)23-8-6-21(19-22-7-9-29-19)17(11-23)27-13-28-21/h4-5,7,9-10,17,25H,6,8,11-13H2,1-3H3/t17-,21+/m1/s1. The minimum absolute atomic E-state index is 0.0367. The van der Waals surface area contributed by atoms with Crippen molar-refractivity contribution in [3.63, 3.8) is 0 Å². The number of aryl methyl sites for hydroxylation is 1. The van der Waals surface area contributed by atoms with Crippen molar-refractivity contribution in [2.75, 3.05) is 26.5 Å². The zero-order valence-electron chi connectivity index (χ0n) is 16.9. The second-order valence-corrected chi connectivity index (χ2v) is 9.12. The average Bonchev–Trinajstić information content (AvgIpc) is 3.35. The van der Waals surface area contributed by atoms with Crippen molar-refractivity contribution in [2.45, 2.75) is 44.5 Å². The molecule has 1 N–H and O–H groups in total. The summed E-state index contributed by atoms with van der Waals surface area (Å²) in [6.07, 6.45) is 2.21. The van der Waals surface area contributed by atoms with E-state index in [9.17, 15) is 9.90 Å². The Kier molecular flexibility index (Phi) is 5.37. The van der Waals surface area contributed by atoms with E-state index in [1.54, 1.807) is 43.5 Å². The van der Waals surface area contributed by atoms with E-state index in [0.29, 0.717) is 30.8 Å². The van der Waals surface area contributed by atoms with Crippen molar-refractivity contribution in [3.8, 4) is 5.75 Å². The lowest BCUT2D eigenvalue weighted by Gasteiger charge is -2.40. The number of aliphatic hydroxyl groups is 1. The molecule has 0 spiro atoms. The molecule has 0 saturated carbocycles. The van der Waals surface area contributed by atoms with E-state index in [2.05, 4.69) is 4.98 Å². The van der Waals surface area contributed by atoms with Crippen LogP contribution in [0.3, 0.4) is 0 Å². The highest BCUT2D eigenvalue weighted by atomic mass is 32.1. The number of fused-ring (bicyclic) bond motifs is 1. The Morgan fingerprint density at radius 1 is 1.48 bits per heavy atom. The molecule has 29 heavy (non-hydrogen) atoms. The molecule has 1 aromatic carbocycles. The molecule has 1 aromatic heterocycles. The fourth-order valence-electron chi connectivity index (χ4n) is 3.78. The second kappa shape index (κ2) is 7.68. The van der Waals surface area contributed by atoms with Crippen LogP contribution in [0.2, 0.25) is 0 Å². The van der Waals surface area contributed by atoms with Crippen molar-refractivity contribution in [1.82, 2.24) is 9.88 Å². The van der Waals surface area contributed by atoms with Crippen LogP contribution >= 0.6 is 11.3 Å². The van der Waals surface area contributed by atoms with E-state index in [4.69, 9.17) is 14.2 Å². The molecule has 0 radical (unpaired) electrons. The molecule has 2 saturated heterocycles. The molecular formula is C21H26N2O5S. The molecule has 2 aliphatic rings. The molecule has 0 bridgehead atoms. The summed E-state index contributed by atoms with van der Waals surface area (Å²) in [5, 5.41) is 12.7. The first-order valence-corrected chi connectivity index (χ1v) is 10.6. The first-order valence-electron chi connectivity index (χ1n) is 9.69. The number of nitrogens with zero attached hydrogens (tertiary/aromatic N) is 2. The smallest absolute Gasteiger partial charge is 0.253 e. The predicted molar refractivity (Wildman–Crippen MR) is 108 cm³/mol. The lowest BCUT2D eigenvalue weighted by molar-refractivity contribution is -0.0440. The molecule has 7 nitrogen and oxygen atoms in total. The van der Waals surface area contributed by atoms with Gasteiger partial charge in [-0.2, -0.15) is 0 Å². The summed E-state index contributed by atoms with van der Waals surface area (Å²) in [5.74, 6) is 0.628. The van der Waals surface area contributed by atoms with Crippen LogP contribution < -0.4 is 4.74 Å². The molecular weight excluding hydrogens is 392 g/mol. The first kappa shape index (κ1) is 20.3. The highest BCUT2D eigenvalue weighted by Gasteiger charge is 2.52. The SMILES string of the molecule is Cc1cc(C(=O)N2CC[C@]3(c4nccs4)OCO[C@@H]3C2)ccc1OCC(C)(C)O. The third kappa shape index (κ3) is 4.02. The zero-order valence-corrected chi connectivity index (χ0v) is 17.7. The van der Waals surface area contributed by atoms with E-state index < -0.39 is 11.2 Å². The summed E-state index contributed by atoms with van der Waals surface area (Å²) < 4.78 is 17.5. The Balaban J connectivity index is 1.46. The van der Waals surface area contributed by atoms with Crippen molar-refractivity contribution in [2.24, 2.45) is 0 Å². The summed E-state index contributed by atoms with van der Waals surface area (Å²) in [5.41, 5.74) is 0.00552. The van der Waals surface area contributed by atoms with Gasteiger partial charge in [-0.1, -0.05) is 0 Å². The Morgan fingerprint density at radius 2 is 2.31 bits per heavy atom. The van der Waals surface area contributed by atoms with E-state index in [-0.39, 0.29) is 25.4 Å². The van der Waals surface area contributed by atoms with Crippen LogP contribution in [0.4, 0.5) is 0 Å². The number of piperidine rings is 1. The number of benzene rings is 1. The molecule has 3 heterocycles. The molecule has 0 unspecified atom stereocenters. The number of hydrogen-bond acceptors (Lipinski definition) is 7. The van der Waals surface area contributed by atoms with Crippen molar-refractivity contribution >= 4 is 17.2 Å². The Bertz CT molecular complexity index is 880. The molecule has 2 aromatic rings. The molecule has 0 aliphatic carbocycles. The predicted octanol–water partition coefficient (Wildman–Crippen LogP) is 2.72. The van der Waals surface area contributed by atoms with E-state index in [1.807, 2.05) is 23.3 Å². The maximum Gasteiger partial charge on any atom is 0.253 e. The minimum atomic E-state index is -0.915. The van der Waals surface area contributed by atoms with Gasteiger partial charge in [0.1, 0.15) is 30.3 Å². The molecule has 2 aliphatic heterocycles. The van der Waals surface area contributed by atoms with Gasteiger partial charge < -0.3 is 24.2 Å². The van der Waals surface area contributed by atoms with Gasteiger partial charge >= 0.3 is 0 Å². The first-order chi connectivity index (χ1) is 13.8. The van der Waals surface area contributed by atoms with Gasteiger partial charge in [-0.05, 0) is 44.5 Å². The molecule has 4 rings (SSSR count). The molecule has 156 valence electrons. The number of carbonyl (C=O) groups excluding carboxylic acids is 1. The second-order valence-electron chi connectivity index (χ2n) is 8.23. The van der Waals surface area contributed by atoms with Gasteiger partial charge in [0.25, 0.3) is 5.91 Å². The number of rotatable bonds is 5. The monoisotopic (exact) mass is 418 g/mol. The van der Waals surface area contributed by atoms with Crippen molar-refractivity contribution < 1.29 is 24.1 Å². The maximum atomic E-state index is 13.1. The maximum absolute atomic E-state index is 13.1. The minimum Gasteiger partial charge on any atom is -0.490 e. The number of amides is 1. The van der Waals surface area contributed by atoms with E-state index in [1.165, 1.54) is 0 Å². The molecule has 8 heteroatoms. The van der Waals surface area contributed by atoms with Crippen LogP contribution in [0, 0.1) is 6.92 Å². The number of likely N-dealkylation sites (tertiary alicyclic amines) is 1. The summed E-state index contributed by atoms with van der Waals surface area (Å²) in [6, 6.07) is 5.38. The third-order valence-electron chi connectivity index (χ3n) is 5.33. The van der Waals surface area contributed by atoms with Gasteiger partial charge in [-0.15, -0.1) is 11.3 Å². The van der Waals surface area contributed by atoms with Crippen LogP contribution in [-0.4, -0.2) is 59.1 Å². The molecule has 2 fully saturated rings. The number of thiazole rings is 1. The number of ether oxygens (including phenoxy) is 3. The highest BCUT2D eigenvalue weighted by molar-refractivity contribution is 7.09. The zero-order chi connectivity index (χ0) is 20.6. The van der Waals surface area contributed by atoms with Crippen LogP contribution in [0.5, 0.6) is 5.75 Å². The Labute approximate surface area is 174 Å². The summed E-state index contributed by atoms with van der Waals surface area (Å²) in [6.45, 7) is 6.73. The fraction of sp³-hybridized carbons (Fsp3) is 0.524. The van der Waals surface area contributed by atoms with Crippen LogP contribution in [-0.2, 0) is 15.1 Å². The molecule has 1 amide bonds. The van der Waals surface area contributed by atoms with Gasteiger partial charge in [-0.25, -0.2) is 4.98 Å². The summed E-state index contributed by atoms with van der Waals surface area (Å²) in [7, 11) is 0. The third-order valence-corrected chi connectivity index (χ3v) is 6.26.